The monoisotopic (exact) mass is 482 g/mol. The van der Waals surface area contributed by atoms with Crippen molar-refractivity contribution in [1.29, 1.82) is 0 Å². The van der Waals surface area contributed by atoms with Crippen LogP contribution in [0.5, 0.6) is 0 Å². The Labute approximate surface area is 198 Å². The number of amides is 2. The van der Waals surface area contributed by atoms with Gasteiger partial charge in [0.1, 0.15) is 16.5 Å². The molecule has 3 heterocycles. The third kappa shape index (κ3) is 4.42. The second kappa shape index (κ2) is 8.84. The first-order chi connectivity index (χ1) is 16.0. The zero-order valence-corrected chi connectivity index (χ0v) is 19.0. The van der Waals surface area contributed by atoms with Crippen LogP contribution in [0.25, 0.3) is 21.3 Å². The quantitative estimate of drug-likeness (QED) is 0.425. The van der Waals surface area contributed by atoms with Crippen LogP contribution >= 0.6 is 22.9 Å². The van der Waals surface area contributed by atoms with Gasteiger partial charge in [-0.05, 0) is 42.0 Å². The molecule has 2 aromatic heterocycles. The number of carbonyl (C=O) groups is 1. The molecule has 1 aliphatic rings. The Bertz CT molecular complexity index is 1300. The Hall–Kier alpha value is -3.43. The first-order valence-corrected chi connectivity index (χ1v) is 11.6. The third-order valence-electron chi connectivity index (χ3n) is 5.55. The third-order valence-corrected chi connectivity index (χ3v) is 6.67. The largest absolute Gasteiger partial charge is 0.368 e. The molecule has 168 valence electrons. The van der Waals surface area contributed by atoms with Crippen LogP contribution in [0.2, 0.25) is 5.02 Å². The molecule has 2 aromatic carbocycles. The van der Waals surface area contributed by atoms with Gasteiger partial charge in [0, 0.05) is 47.8 Å². The van der Waals surface area contributed by atoms with Crippen molar-refractivity contribution in [3.63, 3.8) is 0 Å². The Balaban J connectivity index is 1.37. The average molecular weight is 483 g/mol. The number of anilines is 3. The van der Waals surface area contributed by atoms with Crippen molar-refractivity contribution in [2.24, 2.45) is 0 Å². The number of benzene rings is 2. The molecule has 1 saturated heterocycles. The van der Waals surface area contributed by atoms with Crippen molar-refractivity contribution >= 4 is 56.6 Å². The number of aromatic nitrogens is 2. The summed E-state index contributed by atoms with van der Waals surface area (Å²) in [4.78, 5) is 26.3. The maximum Gasteiger partial charge on any atom is 0.321 e. The van der Waals surface area contributed by atoms with Crippen LogP contribution in [0.3, 0.4) is 0 Å². The predicted octanol–water partition coefficient (Wildman–Crippen LogP) is 5.09. The van der Waals surface area contributed by atoms with Crippen molar-refractivity contribution in [3.8, 4) is 11.1 Å². The Morgan fingerprint density at radius 3 is 2.42 bits per heavy atom. The molecule has 33 heavy (non-hydrogen) atoms. The molecule has 0 saturated carbocycles. The van der Waals surface area contributed by atoms with Crippen LogP contribution in [0.15, 0.2) is 53.9 Å². The molecule has 7 nitrogen and oxygen atoms in total. The highest BCUT2D eigenvalue weighted by Gasteiger charge is 2.25. The molecule has 4 aromatic rings. The van der Waals surface area contributed by atoms with Gasteiger partial charge in [0.05, 0.1) is 5.39 Å². The highest BCUT2D eigenvalue weighted by atomic mass is 35.5. The van der Waals surface area contributed by atoms with E-state index in [0.717, 1.165) is 27.2 Å². The number of hydrogen-bond acceptors (Lipinski definition) is 6. The lowest BCUT2D eigenvalue weighted by molar-refractivity contribution is 0.208. The number of carbonyl (C=O) groups excluding carboxylic acids is 1. The van der Waals surface area contributed by atoms with Crippen LogP contribution in [0.4, 0.5) is 26.6 Å². The molecule has 3 N–H and O–H groups in total. The van der Waals surface area contributed by atoms with E-state index in [0.29, 0.717) is 36.9 Å². The maximum atomic E-state index is 13.4. The normalized spacial score (nSPS) is 14.0. The lowest BCUT2D eigenvalue weighted by atomic mass is 10.1. The minimum atomic E-state index is -0.285. The molecular weight excluding hydrogens is 463 g/mol. The number of fused-ring (bicyclic) bond motifs is 1. The number of rotatable bonds is 3. The zero-order chi connectivity index (χ0) is 22.9. The van der Waals surface area contributed by atoms with E-state index in [2.05, 4.69) is 20.2 Å². The van der Waals surface area contributed by atoms with Crippen LogP contribution in [0, 0.1) is 5.82 Å². The fraction of sp³-hybridized carbons (Fsp3) is 0.174. The fourth-order valence-electron chi connectivity index (χ4n) is 3.87. The number of halogens is 2. The van der Waals surface area contributed by atoms with Gasteiger partial charge in [0.2, 0.25) is 5.95 Å². The predicted molar refractivity (Wildman–Crippen MR) is 131 cm³/mol. The number of thiophene rings is 1. The van der Waals surface area contributed by atoms with Gasteiger partial charge in [-0.15, -0.1) is 11.3 Å². The highest BCUT2D eigenvalue weighted by Crippen LogP contribution is 2.39. The molecule has 0 aliphatic carbocycles. The van der Waals surface area contributed by atoms with Gasteiger partial charge in [0.15, 0.2) is 0 Å². The SMILES string of the molecule is Nc1nc(N2CCN(C(=O)Nc3ccc(Cl)cc3)CC2)c2c(-c3ccc(F)cc3)csc2n1. The molecule has 10 heteroatoms. The summed E-state index contributed by atoms with van der Waals surface area (Å²) in [6, 6.07) is 13.2. The van der Waals surface area contributed by atoms with Gasteiger partial charge in [-0.1, -0.05) is 23.7 Å². The van der Waals surface area contributed by atoms with Crippen LogP contribution < -0.4 is 16.0 Å². The number of urea groups is 1. The smallest absolute Gasteiger partial charge is 0.321 e. The van der Waals surface area contributed by atoms with E-state index in [4.69, 9.17) is 17.3 Å². The lowest BCUT2D eigenvalue weighted by Crippen LogP contribution is -2.50. The number of nitrogens with one attached hydrogen (secondary N) is 1. The van der Waals surface area contributed by atoms with Gasteiger partial charge in [0.25, 0.3) is 0 Å². The standard InChI is InChI=1S/C23H20ClFN6OS/c24-15-3-7-17(8-4-15)27-23(32)31-11-9-30(10-12-31)20-19-18(14-1-5-16(25)6-2-14)13-33-21(19)29-22(26)28-20/h1-8,13H,9-12H2,(H,27,32)(H2,26,28,29). The van der Waals surface area contributed by atoms with E-state index in [1.807, 2.05) is 5.38 Å². The molecule has 0 spiro atoms. The van der Waals surface area contributed by atoms with E-state index < -0.39 is 0 Å². The van der Waals surface area contributed by atoms with Crippen LogP contribution in [-0.4, -0.2) is 47.1 Å². The second-order valence-corrected chi connectivity index (χ2v) is 8.95. The number of nitrogen functional groups attached to an aromatic ring is 1. The maximum absolute atomic E-state index is 13.4. The van der Waals surface area contributed by atoms with E-state index in [1.54, 1.807) is 41.3 Å². The lowest BCUT2D eigenvalue weighted by Gasteiger charge is -2.35. The van der Waals surface area contributed by atoms with Crippen LogP contribution in [0.1, 0.15) is 0 Å². The summed E-state index contributed by atoms with van der Waals surface area (Å²) in [7, 11) is 0. The van der Waals surface area contributed by atoms with Crippen molar-refractivity contribution in [2.75, 3.05) is 42.1 Å². The van der Waals surface area contributed by atoms with Gasteiger partial charge in [-0.3, -0.25) is 0 Å². The summed E-state index contributed by atoms with van der Waals surface area (Å²) in [5.41, 5.74) is 8.51. The minimum Gasteiger partial charge on any atom is -0.368 e. The number of piperazine rings is 1. The fourth-order valence-corrected chi connectivity index (χ4v) is 4.94. The zero-order valence-electron chi connectivity index (χ0n) is 17.5. The molecule has 0 atom stereocenters. The summed E-state index contributed by atoms with van der Waals surface area (Å²) >= 11 is 7.39. The molecule has 0 radical (unpaired) electrons. The van der Waals surface area contributed by atoms with Crippen molar-refractivity contribution in [2.45, 2.75) is 0 Å². The van der Waals surface area contributed by atoms with E-state index >= 15 is 0 Å². The van der Waals surface area contributed by atoms with Gasteiger partial charge >= 0.3 is 6.03 Å². The topological polar surface area (TPSA) is 87.4 Å². The van der Waals surface area contributed by atoms with Crippen LogP contribution in [-0.2, 0) is 0 Å². The molecule has 0 unspecified atom stereocenters. The number of nitrogens with two attached hydrogens (primary N) is 1. The molecule has 2 amide bonds. The van der Waals surface area contributed by atoms with E-state index in [1.165, 1.54) is 23.5 Å². The summed E-state index contributed by atoms with van der Waals surface area (Å²) in [5.74, 6) is 0.649. The molecular formula is C23H20ClFN6OS. The molecule has 1 aliphatic heterocycles. The minimum absolute atomic E-state index is 0.160. The molecule has 5 rings (SSSR count). The molecule has 0 bridgehead atoms. The van der Waals surface area contributed by atoms with E-state index in [-0.39, 0.29) is 17.8 Å². The molecule has 1 fully saturated rings. The number of nitrogens with zero attached hydrogens (tertiary/aromatic N) is 4. The summed E-state index contributed by atoms with van der Waals surface area (Å²) in [6.07, 6.45) is 0. The van der Waals surface area contributed by atoms with Crippen molar-refractivity contribution in [3.05, 3.63) is 64.8 Å². The van der Waals surface area contributed by atoms with E-state index in [9.17, 15) is 9.18 Å². The number of hydrogen-bond donors (Lipinski definition) is 2. The second-order valence-electron chi connectivity index (χ2n) is 7.65. The van der Waals surface area contributed by atoms with Gasteiger partial charge in [-0.25, -0.2) is 14.2 Å². The first-order valence-electron chi connectivity index (χ1n) is 10.3. The highest BCUT2D eigenvalue weighted by molar-refractivity contribution is 7.17. The summed E-state index contributed by atoms with van der Waals surface area (Å²) < 4.78 is 13.4. The van der Waals surface area contributed by atoms with Crippen molar-refractivity contribution in [1.82, 2.24) is 14.9 Å². The average Bonchev–Trinajstić information content (AvgIpc) is 3.24. The van der Waals surface area contributed by atoms with Gasteiger partial charge < -0.3 is 20.9 Å². The first kappa shape index (κ1) is 21.4. The Morgan fingerprint density at radius 1 is 1.03 bits per heavy atom. The Kier molecular flexibility index (Phi) is 5.74. The van der Waals surface area contributed by atoms with Gasteiger partial charge in [-0.2, -0.15) is 4.98 Å². The summed E-state index contributed by atoms with van der Waals surface area (Å²) in [5, 5.41) is 6.39. The Morgan fingerprint density at radius 2 is 1.73 bits per heavy atom. The van der Waals surface area contributed by atoms with Crippen molar-refractivity contribution < 1.29 is 9.18 Å². The summed E-state index contributed by atoms with van der Waals surface area (Å²) in [6.45, 7) is 2.25.